The number of unbranched alkanes of at least 4 members (excludes halogenated alkanes) is 1. The molecule has 5 nitrogen and oxygen atoms in total. The molecule has 0 saturated carbocycles. The quantitative estimate of drug-likeness (QED) is 0.217. The highest BCUT2D eigenvalue weighted by atomic mass is 127. The first-order valence-electron chi connectivity index (χ1n) is 7.31. The number of allylic oxidation sites excluding steroid dienone is 1. The molecule has 1 aromatic rings. The van der Waals surface area contributed by atoms with Gasteiger partial charge in [0.05, 0.1) is 10.6 Å². The summed E-state index contributed by atoms with van der Waals surface area (Å²) in [6.07, 6.45) is 3.82. The number of aliphatic imine (C=N–C) groups is 1. The van der Waals surface area contributed by atoms with Gasteiger partial charge in [-0.3, -0.25) is 4.99 Å². The summed E-state index contributed by atoms with van der Waals surface area (Å²) >= 11 is 0. The van der Waals surface area contributed by atoms with Gasteiger partial charge in [-0.25, -0.2) is 8.42 Å². The fourth-order valence-corrected chi connectivity index (χ4v) is 3.18. The Hall–Kier alpha value is -1.09. The van der Waals surface area contributed by atoms with Crippen LogP contribution in [0.15, 0.2) is 52.9 Å². The predicted molar refractivity (Wildman–Crippen MR) is 107 cm³/mol. The zero-order valence-electron chi connectivity index (χ0n) is 13.7. The number of guanidine groups is 1. The second-order valence-electron chi connectivity index (χ2n) is 4.96. The van der Waals surface area contributed by atoms with Crippen molar-refractivity contribution in [1.82, 2.24) is 10.2 Å². The second-order valence-corrected chi connectivity index (χ2v) is 7.07. The third kappa shape index (κ3) is 7.83. The summed E-state index contributed by atoms with van der Waals surface area (Å²) in [6.45, 7) is 4.87. The van der Waals surface area contributed by atoms with Crippen LogP contribution in [0.25, 0.3) is 0 Å². The van der Waals surface area contributed by atoms with Gasteiger partial charge in [0.1, 0.15) is 0 Å². The van der Waals surface area contributed by atoms with Gasteiger partial charge < -0.3 is 10.2 Å². The van der Waals surface area contributed by atoms with E-state index in [9.17, 15) is 8.42 Å². The van der Waals surface area contributed by atoms with Crippen molar-refractivity contribution in [2.45, 2.75) is 17.7 Å². The highest BCUT2D eigenvalue weighted by Crippen LogP contribution is 2.09. The summed E-state index contributed by atoms with van der Waals surface area (Å²) in [7, 11) is 0.367. The van der Waals surface area contributed by atoms with Crippen LogP contribution in [0, 0.1) is 0 Å². The highest BCUT2D eigenvalue weighted by molar-refractivity contribution is 14.0. The summed E-state index contributed by atoms with van der Waals surface area (Å²) < 4.78 is 24.4. The molecule has 130 valence electrons. The van der Waals surface area contributed by atoms with E-state index in [1.165, 1.54) is 0 Å². The van der Waals surface area contributed by atoms with Crippen LogP contribution in [0.2, 0.25) is 0 Å². The number of hydrogen-bond donors (Lipinski definition) is 1. The number of hydrogen-bond acceptors (Lipinski definition) is 3. The number of benzene rings is 1. The normalized spacial score (nSPS) is 11.5. The van der Waals surface area contributed by atoms with Crippen LogP contribution >= 0.6 is 24.0 Å². The molecule has 0 aliphatic carbocycles. The van der Waals surface area contributed by atoms with Crippen LogP contribution in [0.1, 0.15) is 12.8 Å². The Morgan fingerprint density at radius 2 is 2.00 bits per heavy atom. The molecule has 0 bridgehead atoms. The maximum Gasteiger partial charge on any atom is 0.193 e. The van der Waals surface area contributed by atoms with E-state index in [0.717, 1.165) is 19.4 Å². The van der Waals surface area contributed by atoms with Crippen LogP contribution in [-0.4, -0.2) is 52.2 Å². The lowest BCUT2D eigenvalue weighted by Crippen LogP contribution is -2.41. The van der Waals surface area contributed by atoms with E-state index in [1.807, 2.05) is 18.0 Å². The summed E-state index contributed by atoms with van der Waals surface area (Å²) in [5.41, 5.74) is 0. The summed E-state index contributed by atoms with van der Waals surface area (Å²) in [5.74, 6) is 0.739. The predicted octanol–water partition coefficient (Wildman–Crippen LogP) is 2.55. The molecule has 7 heteroatoms. The van der Waals surface area contributed by atoms with E-state index in [4.69, 9.17) is 0 Å². The maximum atomic E-state index is 12.2. The topological polar surface area (TPSA) is 61.8 Å². The van der Waals surface area contributed by atoms with E-state index in [2.05, 4.69) is 16.9 Å². The van der Waals surface area contributed by atoms with Crippen molar-refractivity contribution in [3.05, 3.63) is 43.0 Å². The summed E-state index contributed by atoms with van der Waals surface area (Å²) in [6, 6.07) is 8.49. The average Bonchev–Trinajstić information content (AvgIpc) is 2.52. The zero-order chi connectivity index (χ0) is 16.4. The van der Waals surface area contributed by atoms with Crippen molar-refractivity contribution < 1.29 is 8.42 Å². The first-order chi connectivity index (χ1) is 10.5. The minimum absolute atomic E-state index is 0. The molecule has 0 aliphatic heterocycles. The molecule has 0 aromatic heterocycles. The lowest BCUT2D eigenvalue weighted by Gasteiger charge is -2.21. The van der Waals surface area contributed by atoms with Crippen LogP contribution in [0.4, 0.5) is 0 Å². The third-order valence-electron chi connectivity index (χ3n) is 3.23. The molecule has 0 saturated heterocycles. The molecule has 23 heavy (non-hydrogen) atoms. The third-order valence-corrected chi connectivity index (χ3v) is 4.96. The smallest absolute Gasteiger partial charge is 0.193 e. The largest absolute Gasteiger partial charge is 0.355 e. The monoisotopic (exact) mass is 451 g/mol. The van der Waals surface area contributed by atoms with Gasteiger partial charge in [0, 0.05) is 27.2 Å². The van der Waals surface area contributed by atoms with Gasteiger partial charge in [-0.1, -0.05) is 24.3 Å². The van der Waals surface area contributed by atoms with E-state index in [-0.39, 0.29) is 29.7 Å². The second kappa shape index (κ2) is 11.4. The van der Waals surface area contributed by atoms with Crippen molar-refractivity contribution in [3.8, 4) is 0 Å². The first-order valence-corrected chi connectivity index (χ1v) is 8.97. The molecule has 0 heterocycles. The van der Waals surface area contributed by atoms with Crippen molar-refractivity contribution in [2.24, 2.45) is 4.99 Å². The SMILES string of the molecule is C=CCCCN(C)C(=NC)NCCS(=O)(=O)c1ccccc1.I. The molecule has 0 atom stereocenters. The van der Waals surface area contributed by atoms with E-state index in [1.54, 1.807) is 37.4 Å². The molecule has 0 unspecified atom stereocenters. The van der Waals surface area contributed by atoms with E-state index >= 15 is 0 Å². The summed E-state index contributed by atoms with van der Waals surface area (Å²) in [5, 5.41) is 3.09. The molecular weight excluding hydrogens is 425 g/mol. The number of nitrogens with one attached hydrogen (secondary N) is 1. The van der Waals surface area contributed by atoms with Gasteiger partial charge >= 0.3 is 0 Å². The van der Waals surface area contributed by atoms with Gasteiger partial charge in [0.2, 0.25) is 0 Å². The fourth-order valence-electron chi connectivity index (χ4n) is 2.01. The van der Waals surface area contributed by atoms with Crippen molar-refractivity contribution in [2.75, 3.05) is 32.9 Å². The van der Waals surface area contributed by atoms with Gasteiger partial charge in [-0.2, -0.15) is 0 Å². The Kier molecular flexibility index (Phi) is 10.9. The van der Waals surface area contributed by atoms with Crippen molar-refractivity contribution in [1.29, 1.82) is 0 Å². The lowest BCUT2D eigenvalue weighted by atomic mass is 10.3. The molecule has 1 N–H and O–H groups in total. The average molecular weight is 451 g/mol. The van der Waals surface area contributed by atoms with Crippen LogP contribution in [0.5, 0.6) is 0 Å². The maximum absolute atomic E-state index is 12.2. The van der Waals surface area contributed by atoms with Gasteiger partial charge in [-0.05, 0) is 25.0 Å². The van der Waals surface area contributed by atoms with Gasteiger partial charge in [-0.15, -0.1) is 30.6 Å². The molecule has 0 fully saturated rings. The molecule has 1 aromatic carbocycles. The standard InChI is InChI=1S/C16H25N3O2S.HI/c1-4-5-9-13-19(3)16(17-2)18-12-14-22(20,21)15-10-7-6-8-11-15;/h4,6-8,10-11H,1,5,9,12-14H2,2-3H3,(H,17,18);1H. The molecule has 1 rings (SSSR count). The Balaban J connectivity index is 0.00000484. The van der Waals surface area contributed by atoms with Crippen LogP contribution in [-0.2, 0) is 9.84 Å². The van der Waals surface area contributed by atoms with Crippen LogP contribution in [0.3, 0.4) is 0 Å². The molecule has 0 aliphatic rings. The molecule has 0 amide bonds. The highest BCUT2D eigenvalue weighted by Gasteiger charge is 2.14. The molecular formula is C16H26IN3O2S. The molecule has 0 radical (unpaired) electrons. The van der Waals surface area contributed by atoms with Crippen LogP contribution < -0.4 is 5.32 Å². The van der Waals surface area contributed by atoms with Crippen molar-refractivity contribution in [3.63, 3.8) is 0 Å². The number of nitrogens with zero attached hydrogens (tertiary/aromatic N) is 2. The zero-order valence-corrected chi connectivity index (χ0v) is 16.9. The minimum atomic E-state index is -3.26. The van der Waals surface area contributed by atoms with Gasteiger partial charge in [0.25, 0.3) is 0 Å². The summed E-state index contributed by atoms with van der Waals surface area (Å²) in [4.78, 5) is 6.51. The number of rotatable bonds is 8. The van der Waals surface area contributed by atoms with Crippen molar-refractivity contribution >= 4 is 39.8 Å². The van der Waals surface area contributed by atoms with E-state index in [0.29, 0.717) is 17.4 Å². The van der Waals surface area contributed by atoms with E-state index < -0.39 is 9.84 Å². The Labute approximate surface area is 156 Å². The number of halogens is 1. The molecule has 0 spiro atoms. The number of sulfone groups is 1. The fraction of sp³-hybridized carbons (Fsp3) is 0.438. The Bertz CT molecular complexity index is 589. The first kappa shape index (κ1) is 21.9. The minimum Gasteiger partial charge on any atom is -0.355 e. The Morgan fingerprint density at radius 3 is 2.57 bits per heavy atom. The lowest BCUT2D eigenvalue weighted by molar-refractivity contribution is 0.471. The Morgan fingerprint density at radius 1 is 1.35 bits per heavy atom. The van der Waals surface area contributed by atoms with Gasteiger partial charge in [0.15, 0.2) is 15.8 Å².